The Hall–Kier alpha value is -3.48. The van der Waals surface area contributed by atoms with Crippen LogP contribution in [0.4, 0.5) is 4.39 Å². The number of benzene rings is 2. The van der Waals surface area contributed by atoms with E-state index in [1.807, 2.05) is 30.3 Å². The summed E-state index contributed by atoms with van der Waals surface area (Å²) in [5, 5.41) is 7.44. The Morgan fingerprint density at radius 1 is 1.06 bits per heavy atom. The van der Waals surface area contributed by atoms with Gasteiger partial charge in [-0.3, -0.25) is 4.79 Å². The summed E-state index contributed by atoms with van der Waals surface area (Å²) in [6.07, 6.45) is 4.88. The molecule has 1 N–H and O–H groups in total. The van der Waals surface area contributed by atoms with Crippen molar-refractivity contribution in [2.45, 2.75) is 44.6 Å². The van der Waals surface area contributed by atoms with Gasteiger partial charge < -0.3 is 10.1 Å². The number of ether oxygens (including phenoxy) is 1. The van der Waals surface area contributed by atoms with E-state index in [2.05, 4.69) is 10.4 Å². The smallest absolute Gasteiger partial charge is 0.328 e. The number of rotatable bonds is 6. The fraction of sp³-hybridized carbons (Fsp3) is 0.320. The van der Waals surface area contributed by atoms with E-state index in [0.717, 1.165) is 48.9 Å². The summed E-state index contributed by atoms with van der Waals surface area (Å²) in [5.74, 6) is -1.24. The predicted molar refractivity (Wildman–Crippen MR) is 118 cm³/mol. The number of aromatic nitrogens is 2. The van der Waals surface area contributed by atoms with E-state index < -0.39 is 17.9 Å². The summed E-state index contributed by atoms with van der Waals surface area (Å²) >= 11 is 0. The summed E-state index contributed by atoms with van der Waals surface area (Å²) in [6.45, 7) is 0. The van der Waals surface area contributed by atoms with E-state index in [1.165, 1.54) is 19.2 Å². The number of carbonyl (C=O) groups excluding carboxylic acids is 2. The largest absolute Gasteiger partial charge is 0.467 e. The molecule has 2 aromatic carbocycles. The molecular weight excluding hydrogens is 409 g/mol. The highest BCUT2D eigenvalue weighted by Crippen LogP contribution is 2.26. The third-order valence-electron chi connectivity index (χ3n) is 5.79. The molecule has 7 heteroatoms. The maximum Gasteiger partial charge on any atom is 0.328 e. The lowest BCUT2D eigenvalue weighted by Gasteiger charge is -2.16. The van der Waals surface area contributed by atoms with Crippen molar-refractivity contribution in [2.75, 3.05) is 7.11 Å². The van der Waals surface area contributed by atoms with Crippen LogP contribution < -0.4 is 5.32 Å². The zero-order valence-corrected chi connectivity index (χ0v) is 18.0. The molecule has 0 bridgehead atoms. The van der Waals surface area contributed by atoms with E-state index in [9.17, 15) is 14.0 Å². The fourth-order valence-electron chi connectivity index (χ4n) is 4.17. The van der Waals surface area contributed by atoms with Crippen LogP contribution in [0.3, 0.4) is 0 Å². The Morgan fingerprint density at radius 2 is 1.78 bits per heavy atom. The summed E-state index contributed by atoms with van der Waals surface area (Å²) < 4.78 is 20.1. The van der Waals surface area contributed by atoms with Crippen molar-refractivity contribution in [3.8, 4) is 5.69 Å². The minimum absolute atomic E-state index is 0.313. The molecule has 32 heavy (non-hydrogen) atoms. The van der Waals surface area contributed by atoms with Crippen LogP contribution in [0.5, 0.6) is 0 Å². The molecule has 1 aliphatic carbocycles. The van der Waals surface area contributed by atoms with Crippen molar-refractivity contribution in [3.05, 3.63) is 82.9 Å². The van der Waals surface area contributed by atoms with Crippen LogP contribution in [-0.4, -0.2) is 34.8 Å². The first-order valence-corrected chi connectivity index (χ1v) is 10.9. The molecule has 1 aromatic heterocycles. The average Bonchev–Trinajstić information content (AvgIpc) is 3.00. The van der Waals surface area contributed by atoms with Crippen LogP contribution in [0.2, 0.25) is 0 Å². The minimum atomic E-state index is -0.827. The Labute approximate surface area is 186 Å². The number of methoxy groups -OCH3 is 1. The molecule has 1 amide bonds. The second kappa shape index (κ2) is 9.77. The molecule has 0 radical (unpaired) electrons. The minimum Gasteiger partial charge on any atom is -0.467 e. The first-order valence-electron chi connectivity index (χ1n) is 10.9. The maximum absolute atomic E-state index is 13.4. The standard InChI is InChI=1S/C25H26FN3O3/c1-32-25(31)21(16-17-8-4-2-5-9-17)27-24(30)23-20-10-6-3-7-11-22(20)29(28-23)19-14-12-18(26)13-15-19/h2,4-5,8-9,12-15,21H,3,6-7,10-11,16H2,1H3,(H,27,30)/t21-/m0/s1. The third kappa shape index (κ3) is 4.72. The van der Waals surface area contributed by atoms with Gasteiger partial charge in [-0.2, -0.15) is 5.10 Å². The van der Waals surface area contributed by atoms with Crippen LogP contribution in [0, 0.1) is 5.82 Å². The Balaban J connectivity index is 1.66. The van der Waals surface area contributed by atoms with Crippen LogP contribution in [-0.2, 0) is 28.8 Å². The van der Waals surface area contributed by atoms with Crippen LogP contribution >= 0.6 is 0 Å². The molecule has 0 unspecified atom stereocenters. The lowest BCUT2D eigenvalue weighted by atomic mass is 10.0. The van der Waals surface area contributed by atoms with Crippen LogP contribution in [0.1, 0.15) is 46.6 Å². The predicted octanol–water partition coefficient (Wildman–Crippen LogP) is 3.79. The van der Waals surface area contributed by atoms with Crippen molar-refractivity contribution in [3.63, 3.8) is 0 Å². The molecule has 0 aliphatic heterocycles. The van der Waals surface area contributed by atoms with Gasteiger partial charge in [-0.15, -0.1) is 0 Å². The summed E-state index contributed by atoms with van der Waals surface area (Å²) in [7, 11) is 1.31. The summed E-state index contributed by atoms with van der Waals surface area (Å²) in [5.41, 5.74) is 3.80. The van der Waals surface area contributed by atoms with E-state index in [-0.39, 0.29) is 5.82 Å². The van der Waals surface area contributed by atoms with E-state index >= 15 is 0 Å². The van der Waals surface area contributed by atoms with Gasteiger partial charge in [-0.05, 0) is 55.5 Å². The molecule has 3 aromatic rings. The highest BCUT2D eigenvalue weighted by Gasteiger charge is 2.28. The summed E-state index contributed by atoms with van der Waals surface area (Å²) in [6, 6.07) is 14.7. The number of esters is 1. The Bertz CT molecular complexity index is 1090. The first-order chi connectivity index (χ1) is 15.6. The molecule has 166 valence electrons. The first kappa shape index (κ1) is 21.7. The number of hydrogen-bond acceptors (Lipinski definition) is 4. The lowest BCUT2D eigenvalue weighted by Crippen LogP contribution is -2.43. The number of nitrogens with one attached hydrogen (secondary N) is 1. The van der Waals surface area contributed by atoms with E-state index in [4.69, 9.17) is 4.74 Å². The Morgan fingerprint density at radius 3 is 2.50 bits per heavy atom. The van der Waals surface area contributed by atoms with Gasteiger partial charge in [0.1, 0.15) is 11.9 Å². The molecule has 1 aliphatic rings. The van der Waals surface area contributed by atoms with Crippen molar-refractivity contribution >= 4 is 11.9 Å². The zero-order valence-electron chi connectivity index (χ0n) is 18.0. The van der Waals surface area contributed by atoms with Crippen molar-refractivity contribution in [2.24, 2.45) is 0 Å². The third-order valence-corrected chi connectivity index (χ3v) is 5.79. The number of nitrogens with zero attached hydrogens (tertiary/aromatic N) is 2. The van der Waals surface area contributed by atoms with Gasteiger partial charge in [-0.25, -0.2) is 13.9 Å². The van der Waals surface area contributed by atoms with Gasteiger partial charge in [0.15, 0.2) is 5.69 Å². The fourth-order valence-corrected chi connectivity index (χ4v) is 4.17. The van der Waals surface area contributed by atoms with E-state index in [0.29, 0.717) is 17.8 Å². The van der Waals surface area contributed by atoms with Gasteiger partial charge >= 0.3 is 5.97 Å². The van der Waals surface area contributed by atoms with Gasteiger partial charge in [0.2, 0.25) is 0 Å². The van der Waals surface area contributed by atoms with Crippen LogP contribution in [0.25, 0.3) is 5.69 Å². The molecule has 6 nitrogen and oxygen atoms in total. The molecule has 1 heterocycles. The quantitative estimate of drug-likeness (QED) is 0.472. The van der Waals surface area contributed by atoms with Crippen molar-refractivity contribution in [1.82, 2.24) is 15.1 Å². The van der Waals surface area contributed by atoms with Crippen molar-refractivity contribution < 1.29 is 18.7 Å². The molecule has 0 saturated heterocycles. The number of carbonyl (C=O) groups is 2. The lowest BCUT2D eigenvalue weighted by molar-refractivity contribution is -0.142. The second-order valence-electron chi connectivity index (χ2n) is 7.96. The van der Waals surface area contributed by atoms with Gasteiger partial charge in [0, 0.05) is 17.7 Å². The topological polar surface area (TPSA) is 73.2 Å². The SMILES string of the molecule is COC(=O)[C@H](Cc1ccccc1)NC(=O)c1nn(-c2ccc(F)cc2)c2c1CCCCC2. The monoisotopic (exact) mass is 435 g/mol. The van der Waals surface area contributed by atoms with Gasteiger partial charge in [0.05, 0.1) is 12.8 Å². The number of halogens is 1. The average molecular weight is 435 g/mol. The highest BCUT2D eigenvalue weighted by molar-refractivity contribution is 5.96. The number of hydrogen-bond donors (Lipinski definition) is 1. The Kier molecular flexibility index (Phi) is 6.63. The maximum atomic E-state index is 13.4. The van der Waals surface area contributed by atoms with Crippen molar-refractivity contribution in [1.29, 1.82) is 0 Å². The highest BCUT2D eigenvalue weighted by atomic mass is 19.1. The zero-order chi connectivity index (χ0) is 22.5. The number of fused-ring (bicyclic) bond motifs is 1. The molecule has 0 spiro atoms. The van der Waals surface area contributed by atoms with Gasteiger partial charge in [0.25, 0.3) is 5.91 Å². The second-order valence-corrected chi connectivity index (χ2v) is 7.96. The molecule has 0 saturated carbocycles. The van der Waals surface area contributed by atoms with Crippen LogP contribution in [0.15, 0.2) is 54.6 Å². The summed E-state index contributed by atoms with van der Waals surface area (Å²) in [4.78, 5) is 25.7. The van der Waals surface area contributed by atoms with E-state index in [1.54, 1.807) is 16.8 Å². The molecular formula is C25H26FN3O3. The molecule has 1 atom stereocenters. The normalized spacial score (nSPS) is 14.2. The molecule has 0 fully saturated rings. The molecule has 4 rings (SSSR count). The van der Waals surface area contributed by atoms with Gasteiger partial charge in [-0.1, -0.05) is 36.8 Å². The number of amides is 1.